The van der Waals surface area contributed by atoms with Crippen LogP contribution in [-0.4, -0.2) is 10.1 Å². The summed E-state index contributed by atoms with van der Waals surface area (Å²) < 4.78 is 0. The summed E-state index contributed by atoms with van der Waals surface area (Å²) in [4.78, 5) is 6.76. The zero-order valence-electron chi connectivity index (χ0n) is 7.37. The number of hydrogen-bond donors (Lipinski definition) is 2. The van der Waals surface area contributed by atoms with Gasteiger partial charge in [0.25, 0.3) is 0 Å². The van der Waals surface area contributed by atoms with Crippen LogP contribution in [0, 0.1) is 0 Å². The summed E-state index contributed by atoms with van der Waals surface area (Å²) in [6.07, 6.45) is 0. The maximum atomic E-state index is 9.55. The molecular formula is C10H9ClN2O. The summed E-state index contributed by atoms with van der Waals surface area (Å²) in [5, 5.41) is 10.5. The quantitative estimate of drug-likeness (QED) is 0.744. The van der Waals surface area contributed by atoms with Crippen LogP contribution in [0.1, 0.15) is 5.69 Å². The molecule has 0 saturated carbocycles. The van der Waals surface area contributed by atoms with E-state index in [2.05, 4.69) is 9.82 Å². The molecule has 1 aromatic heterocycles. The fourth-order valence-corrected chi connectivity index (χ4v) is 1.48. The van der Waals surface area contributed by atoms with Gasteiger partial charge in [-0.2, -0.15) is 0 Å². The van der Waals surface area contributed by atoms with E-state index in [0.717, 1.165) is 11.1 Å². The average molecular weight is 209 g/mol. The molecular weight excluding hydrogens is 200 g/mol. The van der Waals surface area contributed by atoms with Gasteiger partial charge in [0.15, 0.2) is 0 Å². The number of aromatic nitrogens is 1. The second-order valence-electron chi connectivity index (χ2n) is 2.96. The van der Waals surface area contributed by atoms with Crippen molar-refractivity contribution in [1.29, 1.82) is 0 Å². The van der Waals surface area contributed by atoms with Gasteiger partial charge in [-0.3, -0.25) is 0 Å². The molecule has 0 radical (unpaired) electrons. The lowest BCUT2D eigenvalue weighted by atomic mass is 10.2. The Hall–Kier alpha value is -1.32. The first-order chi connectivity index (χ1) is 6.81. The molecule has 3 nitrogen and oxygen atoms in total. The second-order valence-corrected chi connectivity index (χ2v) is 3.23. The fourth-order valence-electron chi connectivity index (χ4n) is 1.34. The van der Waals surface area contributed by atoms with Crippen LogP contribution in [0.25, 0.3) is 10.9 Å². The summed E-state index contributed by atoms with van der Waals surface area (Å²) in [6.45, 7) is 0.478. The van der Waals surface area contributed by atoms with Crippen molar-refractivity contribution in [3.63, 3.8) is 0 Å². The predicted molar refractivity (Wildman–Crippen MR) is 56.1 cm³/mol. The molecule has 0 aliphatic carbocycles. The van der Waals surface area contributed by atoms with Crippen molar-refractivity contribution in [1.82, 2.24) is 9.82 Å². The normalized spacial score (nSPS) is 10.6. The Bertz CT molecular complexity index is 459. The van der Waals surface area contributed by atoms with Gasteiger partial charge in [-0.1, -0.05) is 18.2 Å². The van der Waals surface area contributed by atoms with Crippen LogP contribution in [0.4, 0.5) is 0 Å². The van der Waals surface area contributed by atoms with Crippen molar-refractivity contribution >= 4 is 22.7 Å². The lowest BCUT2D eigenvalue weighted by Crippen LogP contribution is -2.00. The molecule has 0 amide bonds. The molecule has 1 heterocycles. The summed E-state index contributed by atoms with van der Waals surface area (Å²) in [6, 6.07) is 9.09. The van der Waals surface area contributed by atoms with E-state index in [4.69, 9.17) is 11.8 Å². The van der Waals surface area contributed by atoms with Gasteiger partial charge in [-0.15, -0.1) is 0 Å². The lowest BCUT2D eigenvalue weighted by molar-refractivity contribution is 0.480. The standard InChI is InChI=1S/C10H9ClN2O/c11-12-6-8-5-4-7-2-1-3-9(14)10(7)13-8/h1-5,12,14H,6H2. The molecule has 0 saturated heterocycles. The Kier molecular flexibility index (Phi) is 2.52. The van der Waals surface area contributed by atoms with E-state index in [0.29, 0.717) is 12.1 Å². The summed E-state index contributed by atoms with van der Waals surface area (Å²) in [5.41, 5.74) is 1.41. The highest BCUT2D eigenvalue weighted by Gasteiger charge is 2.01. The third-order valence-electron chi connectivity index (χ3n) is 2.00. The monoisotopic (exact) mass is 208 g/mol. The van der Waals surface area contributed by atoms with E-state index in [9.17, 15) is 5.11 Å². The lowest BCUT2D eigenvalue weighted by Gasteiger charge is -2.02. The first-order valence-electron chi connectivity index (χ1n) is 4.22. The Balaban J connectivity index is 2.58. The highest BCUT2D eigenvalue weighted by molar-refractivity contribution is 6.13. The minimum absolute atomic E-state index is 0.193. The molecule has 0 aliphatic rings. The number of benzene rings is 1. The van der Waals surface area contributed by atoms with Crippen molar-refractivity contribution in [3.05, 3.63) is 36.0 Å². The minimum atomic E-state index is 0.193. The smallest absolute Gasteiger partial charge is 0.141 e. The average Bonchev–Trinajstić information content (AvgIpc) is 2.20. The van der Waals surface area contributed by atoms with Crippen molar-refractivity contribution in [3.8, 4) is 5.75 Å². The van der Waals surface area contributed by atoms with Crippen LogP contribution in [0.2, 0.25) is 0 Å². The largest absolute Gasteiger partial charge is 0.506 e. The van der Waals surface area contributed by atoms with E-state index in [1.165, 1.54) is 0 Å². The number of hydrogen-bond acceptors (Lipinski definition) is 3. The van der Waals surface area contributed by atoms with Gasteiger partial charge >= 0.3 is 0 Å². The van der Waals surface area contributed by atoms with Crippen LogP contribution < -0.4 is 4.84 Å². The molecule has 72 valence electrons. The van der Waals surface area contributed by atoms with Crippen LogP contribution >= 0.6 is 11.8 Å². The summed E-state index contributed by atoms with van der Waals surface area (Å²) in [7, 11) is 0. The number of aromatic hydroxyl groups is 1. The number of halogens is 1. The molecule has 0 fully saturated rings. The van der Waals surface area contributed by atoms with Gasteiger partial charge in [0.1, 0.15) is 11.3 Å². The topological polar surface area (TPSA) is 45.1 Å². The Morgan fingerprint density at radius 2 is 2.14 bits per heavy atom. The minimum Gasteiger partial charge on any atom is -0.506 e. The van der Waals surface area contributed by atoms with Crippen molar-refractivity contribution in [2.24, 2.45) is 0 Å². The van der Waals surface area contributed by atoms with Crippen molar-refractivity contribution in [2.45, 2.75) is 6.54 Å². The molecule has 4 heteroatoms. The molecule has 0 bridgehead atoms. The molecule has 0 spiro atoms. The Morgan fingerprint density at radius 3 is 2.93 bits per heavy atom. The number of para-hydroxylation sites is 1. The van der Waals surface area contributed by atoms with E-state index in [-0.39, 0.29) is 5.75 Å². The molecule has 2 rings (SSSR count). The zero-order chi connectivity index (χ0) is 9.97. The second kappa shape index (κ2) is 3.82. The first kappa shape index (κ1) is 9.24. The predicted octanol–water partition coefficient (Wildman–Crippen LogP) is 2.18. The van der Waals surface area contributed by atoms with Crippen LogP contribution in [0.5, 0.6) is 5.75 Å². The van der Waals surface area contributed by atoms with Gasteiger partial charge in [-0.05, 0) is 23.9 Å². The highest BCUT2D eigenvalue weighted by Crippen LogP contribution is 2.22. The Morgan fingerprint density at radius 1 is 1.29 bits per heavy atom. The van der Waals surface area contributed by atoms with Gasteiger partial charge in [-0.25, -0.2) is 9.82 Å². The van der Waals surface area contributed by atoms with Crippen LogP contribution in [0.15, 0.2) is 30.3 Å². The van der Waals surface area contributed by atoms with E-state index < -0.39 is 0 Å². The fraction of sp³-hybridized carbons (Fsp3) is 0.100. The highest BCUT2D eigenvalue weighted by atomic mass is 35.5. The number of phenolic OH excluding ortho intramolecular Hbond substituents is 1. The molecule has 2 N–H and O–H groups in total. The van der Waals surface area contributed by atoms with Crippen molar-refractivity contribution < 1.29 is 5.11 Å². The van der Waals surface area contributed by atoms with Gasteiger partial charge in [0, 0.05) is 5.39 Å². The van der Waals surface area contributed by atoms with E-state index in [1.807, 2.05) is 18.2 Å². The summed E-state index contributed by atoms with van der Waals surface area (Å²) in [5.74, 6) is 0.193. The molecule has 2 aromatic rings. The maximum Gasteiger partial charge on any atom is 0.141 e. The molecule has 0 unspecified atom stereocenters. The number of nitrogens with zero attached hydrogens (tertiary/aromatic N) is 1. The Labute approximate surface area is 86.5 Å². The SMILES string of the molecule is Oc1cccc2ccc(CNCl)nc12. The number of pyridine rings is 1. The molecule has 0 aliphatic heterocycles. The molecule has 1 aromatic carbocycles. The number of rotatable bonds is 2. The molecule has 14 heavy (non-hydrogen) atoms. The zero-order valence-corrected chi connectivity index (χ0v) is 8.12. The van der Waals surface area contributed by atoms with Gasteiger partial charge in [0.05, 0.1) is 12.2 Å². The summed E-state index contributed by atoms with van der Waals surface area (Å²) >= 11 is 5.37. The van der Waals surface area contributed by atoms with Gasteiger partial charge < -0.3 is 5.11 Å². The van der Waals surface area contributed by atoms with Crippen molar-refractivity contribution in [2.75, 3.05) is 0 Å². The third-order valence-corrected chi connectivity index (χ3v) is 2.14. The van der Waals surface area contributed by atoms with E-state index >= 15 is 0 Å². The first-order valence-corrected chi connectivity index (χ1v) is 4.60. The van der Waals surface area contributed by atoms with Crippen LogP contribution in [0.3, 0.4) is 0 Å². The third kappa shape index (κ3) is 1.64. The van der Waals surface area contributed by atoms with Gasteiger partial charge in [0.2, 0.25) is 0 Å². The maximum absolute atomic E-state index is 9.55. The number of nitrogens with one attached hydrogen (secondary N) is 1. The number of fused-ring (bicyclic) bond motifs is 1. The van der Waals surface area contributed by atoms with E-state index in [1.54, 1.807) is 12.1 Å². The molecule has 0 atom stereocenters. The number of phenols is 1. The van der Waals surface area contributed by atoms with Crippen LogP contribution in [-0.2, 0) is 6.54 Å².